The van der Waals surface area contributed by atoms with E-state index in [9.17, 15) is 4.79 Å². The number of fused-ring (bicyclic) bond motifs is 2. The molecule has 0 spiro atoms. The van der Waals surface area contributed by atoms with Gasteiger partial charge in [0.15, 0.2) is 0 Å². The van der Waals surface area contributed by atoms with Crippen molar-refractivity contribution in [1.29, 1.82) is 0 Å². The van der Waals surface area contributed by atoms with E-state index in [0.717, 1.165) is 33.5 Å². The van der Waals surface area contributed by atoms with E-state index in [1.165, 1.54) is 0 Å². The number of carbonyl (C=O) groups excluding carboxylic acids is 1. The third-order valence-electron chi connectivity index (χ3n) is 5.27. The van der Waals surface area contributed by atoms with E-state index in [0.29, 0.717) is 23.1 Å². The van der Waals surface area contributed by atoms with Crippen molar-refractivity contribution in [3.05, 3.63) is 66.5 Å². The molecule has 2 N–H and O–H groups in total. The number of pyridine rings is 3. The number of aryl methyl sites for hydroxylation is 1. The number of hydrogen-bond acceptors (Lipinski definition) is 5. The zero-order valence-electron chi connectivity index (χ0n) is 17.4. The van der Waals surface area contributed by atoms with Crippen LogP contribution in [0.1, 0.15) is 36.1 Å². The third-order valence-corrected chi connectivity index (χ3v) is 5.27. The minimum absolute atomic E-state index is 0.231. The van der Waals surface area contributed by atoms with Crippen LogP contribution in [0.3, 0.4) is 0 Å². The molecule has 5 aromatic rings. The third kappa shape index (κ3) is 3.31. The van der Waals surface area contributed by atoms with Gasteiger partial charge in [0, 0.05) is 41.1 Å². The number of anilines is 1. The van der Waals surface area contributed by atoms with Crippen LogP contribution >= 0.6 is 0 Å². The van der Waals surface area contributed by atoms with Gasteiger partial charge in [-0.1, -0.05) is 0 Å². The molecule has 0 atom stereocenters. The number of imidazole rings is 1. The molecule has 0 saturated heterocycles. The number of aromatic nitrogens is 6. The van der Waals surface area contributed by atoms with Crippen molar-refractivity contribution in [2.75, 3.05) is 5.32 Å². The van der Waals surface area contributed by atoms with E-state index in [1.54, 1.807) is 30.6 Å². The lowest BCUT2D eigenvalue weighted by atomic mass is 10.1. The summed E-state index contributed by atoms with van der Waals surface area (Å²) in [6.07, 6.45) is 6.87. The first-order valence-corrected chi connectivity index (χ1v) is 10.1. The molecule has 0 radical (unpaired) electrons. The number of nitrogens with one attached hydrogen (secondary N) is 2. The van der Waals surface area contributed by atoms with Crippen LogP contribution in [0.15, 0.2) is 55.1 Å². The summed E-state index contributed by atoms with van der Waals surface area (Å²) >= 11 is 0. The van der Waals surface area contributed by atoms with Gasteiger partial charge in [0.1, 0.15) is 22.8 Å². The quantitative estimate of drug-likeness (QED) is 0.453. The van der Waals surface area contributed by atoms with E-state index in [1.807, 2.05) is 25.4 Å². The molecule has 0 bridgehead atoms. The average molecular weight is 411 g/mol. The van der Waals surface area contributed by atoms with Crippen LogP contribution in [0.2, 0.25) is 0 Å². The van der Waals surface area contributed by atoms with E-state index < -0.39 is 0 Å². The molecule has 1 amide bonds. The minimum atomic E-state index is -0.231. The molecule has 0 unspecified atom stereocenters. The molecule has 31 heavy (non-hydrogen) atoms. The van der Waals surface area contributed by atoms with Crippen molar-refractivity contribution < 1.29 is 4.79 Å². The Kier molecular flexibility index (Phi) is 4.47. The van der Waals surface area contributed by atoms with Gasteiger partial charge in [-0.25, -0.2) is 9.97 Å². The zero-order valence-corrected chi connectivity index (χ0v) is 17.4. The molecule has 8 heteroatoms. The van der Waals surface area contributed by atoms with Crippen molar-refractivity contribution in [3.63, 3.8) is 0 Å². The Balaban J connectivity index is 1.50. The van der Waals surface area contributed by atoms with Crippen molar-refractivity contribution in [2.24, 2.45) is 0 Å². The minimum Gasteiger partial charge on any atom is -0.345 e. The van der Waals surface area contributed by atoms with Gasteiger partial charge < -0.3 is 14.9 Å². The lowest BCUT2D eigenvalue weighted by Crippen LogP contribution is -2.12. The average Bonchev–Trinajstić information content (AvgIpc) is 3.33. The van der Waals surface area contributed by atoms with Crippen LogP contribution in [0.4, 0.5) is 5.82 Å². The van der Waals surface area contributed by atoms with Gasteiger partial charge in [0.05, 0.1) is 17.4 Å². The molecule has 0 aliphatic carbocycles. The van der Waals surface area contributed by atoms with Crippen LogP contribution in [-0.2, 0) is 0 Å². The van der Waals surface area contributed by atoms with Crippen molar-refractivity contribution >= 4 is 33.8 Å². The number of hydrogen-bond donors (Lipinski definition) is 2. The maximum Gasteiger partial charge on any atom is 0.256 e. The lowest BCUT2D eigenvalue weighted by Gasteiger charge is -2.11. The van der Waals surface area contributed by atoms with E-state index in [2.05, 4.69) is 54.7 Å². The molecule has 0 aliphatic rings. The van der Waals surface area contributed by atoms with Gasteiger partial charge >= 0.3 is 0 Å². The van der Waals surface area contributed by atoms with Crippen LogP contribution in [0.25, 0.3) is 33.3 Å². The monoisotopic (exact) mass is 411 g/mol. The topological polar surface area (TPSA) is 101 Å². The number of H-pyrrole nitrogens is 1. The molecule has 0 aromatic carbocycles. The Bertz CT molecular complexity index is 1420. The summed E-state index contributed by atoms with van der Waals surface area (Å²) in [5.74, 6) is 1.21. The molecule has 0 aliphatic heterocycles. The second-order valence-electron chi connectivity index (χ2n) is 7.67. The second kappa shape index (κ2) is 7.32. The maximum atomic E-state index is 12.4. The SMILES string of the molecule is Cc1nc2cnc(-c3c[nH]c4nc(NC(=O)c5ccncc5)ccc34)cc2n1C(C)C. The van der Waals surface area contributed by atoms with Crippen LogP contribution in [0, 0.1) is 6.92 Å². The molecule has 154 valence electrons. The normalized spacial score (nSPS) is 11.5. The molecule has 5 rings (SSSR count). The van der Waals surface area contributed by atoms with Gasteiger partial charge in [-0.3, -0.25) is 14.8 Å². The van der Waals surface area contributed by atoms with Gasteiger partial charge in [-0.05, 0) is 51.1 Å². The Morgan fingerprint density at radius 2 is 1.94 bits per heavy atom. The molecule has 5 aromatic heterocycles. The van der Waals surface area contributed by atoms with Crippen molar-refractivity contribution in [1.82, 2.24) is 29.5 Å². The predicted molar refractivity (Wildman–Crippen MR) is 120 cm³/mol. The van der Waals surface area contributed by atoms with E-state index >= 15 is 0 Å². The lowest BCUT2D eigenvalue weighted by molar-refractivity contribution is 0.102. The molecular formula is C23H21N7O. The predicted octanol–water partition coefficient (Wildman–Crippen LogP) is 4.51. The maximum absolute atomic E-state index is 12.4. The van der Waals surface area contributed by atoms with E-state index in [4.69, 9.17) is 0 Å². The summed E-state index contributed by atoms with van der Waals surface area (Å²) in [5.41, 5.74) is 4.94. The first kappa shape index (κ1) is 18.9. The first-order chi connectivity index (χ1) is 15.0. The van der Waals surface area contributed by atoms with Gasteiger partial charge in [0.2, 0.25) is 0 Å². The van der Waals surface area contributed by atoms with Gasteiger partial charge in [-0.2, -0.15) is 0 Å². The summed E-state index contributed by atoms with van der Waals surface area (Å²) in [7, 11) is 0. The molecule has 0 fully saturated rings. The Morgan fingerprint density at radius 1 is 1.13 bits per heavy atom. The summed E-state index contributed by atoms with van der Waals surface area (Å²) in [6.45, 7) is 6.30. The number of carbonyl (C=O) groups is 1. The first-order valence-electron chi connectivity index (χ1n) is 10.1. The number of nitrogens with zero attached hydrogens (tertiary/aromatic N) is 5. The Morgan fingerprint density at radius 3 is 2.71 bits per heavy atom. The standard InChI is InChI=1S/C23H21N7O/c1-13(2)30-14(3)27-19-12-25-18(10-20(19)30)17-11-26-22-16(17)4-5-21(28-22)29-23(31)15-6-8-24-9-7-15/h4-13H,1-3H3,(H2,26,28,29,31). The highest BCUT2D eigenvalue weighted by atomic mass is 16.1. The molecular weight excluding hydrogens is 390 g/mol. The van der Waals surface area contributed by atoms with Gasteiger partial charge in [0.25, 0.3) is 5.91 Å². The summed E-state index contributed by atoms with van der Waals surface area (Å²) in [5, 5.41) is 3.75. The smallest absolute Gasteiger partial charge is 0.256 e. The fourth-order valence-corrected chi connectivity index (χ4v) is 3.90. The van der Waals surface area contributed by atoms with E-state index in [-0.39, 0.29) is 5.91 Å². The van der Waals surface area contributed by atoms with Crippen LogP contribution < -0.4 is 5.32 Å². The number of rotatable bonds is 4. The summed E-state index contributed by atoms with van der Waals surface area (Å²) in [6, 6.07) is 9.42. The number of amides is 1. The van der Waals surface area contributed by atoms with Crippen LogP contribution in [-0.4, -0.2) is 35.4 Å². The highest BCUT2D eigenvalue weighted by Crippen LogP contribution is 2.30. The van der Waals surface area contributed by atoms with Crippen LogP contribution in [0.5, 0.6) is 0 Å². The number of aromatic amines is 1. The second-order valence-corrected chi connectivity index (χ2v) is 7.67. The molecule has 8 nitrogen and oxygen atoms in total. The summed E-state index contributed by atoms with van der Waals surface area (Å²) in [4.78, 5) is 33.3. The molecule has 0 saturated carbocycles. The Labute approximate surface area is 178 Å². The zero-order chi connectivity index (χ0) is 21.5. The van der Waals surface area contributed by atoms with Crippen molar-refractivity contribution in [3.8, 4) is 11.3 Å². The molecule has 5 heterocycles. The highest BCUT2D eigenvalue weighted by Gasteiger charge is 2.15. The van der Waals surface area contributed by atoms with Gasteiger partial charge in [-0.15, -0.1) is 0 Å². The fraction of sp³-hybridized carbons (Fsp3) is 0.174. The Hall–Kier alpha value is -4.07. The highest BCUT2D eigenvalue weighted by molar-refractivity contribution is 6.04. The summed E-state index contributed by atoms with van der Waals surface area (Å²) < 4.78 is 2.21. The van der Waals surface area contributed by atoms with Crippen molar-refractivity contribution in [2.45, 2.75) is 26.8 Å². The fourth-order valence-electron chi connectivity index (χ4n) is 3.90. The largest absolute Gasteiger partial charge is 0.345 e.